The number of esters is 1. The van der Waals surface area contributed by atoms with Gasteiger partial charge in [-0.25, -0.2) is 4.68 Å². The van der Waals surface area contributed by atoms with Gasteiger partial charge in [0.25, 0.3) is 5.91 Å². The highest BCUT2D eigenvalue weighted by Crippen LogP contribution is 2.18. The molecule has 0 aliphatic rings. The zero-order chi connectivity index (χ0) is 19.9. The largest absolute Gasteiger partial charge is 0.456 e. The molecule has 146 valence electrons. The second-order valence-electron chi connectivity index (χ2n) is 6.56. The van der Waals surface area contributed by atoms with E-state index in [0.717, 1.165) is 23.4 Å². The SMILES string of the molecule is Cc1ccc(-n2nc(C)cc2NC(=O)COC(=O)CCCc2cccs2)cc1. The van der Waals surface area contributed by atoms with Crippen LogP contribution in [0.5, 0.6) is 0 Å². The summed E-state index contributed by atoms with van der Waals surface area (Å²) in [5, 5.41) is 9.20. The Labute approximate surface area is 168 Å². The number of nitrogens with one attached hydrogen (secondary N) is 1. The normalized spacial score (nSPS) is 10.6. The lowest BCUT2D eigenvalue weighted by molar-refractivity contribution is -0.147. The summed E-state index contributed by atoms with van der Waals surface area (Å²) in [6.07, 6.45) is 1.85. The minimum absolute atomic E-state index is 0.297. The van der Waals surface area contributed by atoms with Crippen molar-refractivity contribution >= 4 is 29.0 Å². The van der Waals surface area contributed by atoms with Crippen LogP contribution in [0, 0.1) is 13.8 Å². The molecule has 0 unspecified atom stereocenters. The maximum absolute atomic E-state index is 12.2. The lowest BCUT2D eigenvalue weighted by atomic mass is 10.2. The molecule has 2 heterocycles. The fourth-order valence-corrected chi connectivity index (χ4v) is 3.48. The molecule has 6 nitrogen and oxygen atoms in total. The molecule has 0 atom stereocenters. The van der Waals surface area contributed by atoms with Gasteiger partial charge in [0, 0.05) is 17.4 Å². The zero-order valence-corrected chi connectivity index (χ0v) is 16.8. The van der Waals surface area contributed by atoms with Gasteiger partial charge in [0.15, 0.2) is 6.61 Å². The molecule has 3 aromatic rings. The first-order chi connectivity index (χ1) is 13.5. The third-order valence-electron chi connectivity index (χ3n) is 4.13. The lowest BCUT2D eigenvalue weighted by Gasteiger charge is -2.09. The van der Waals surface area contributed by atoms with Crippen LogP contribution in [0.25, 0.3) is 5.69 Å². The van der Waals surface area contributed by atoms with Crippen LogP contribution in [0.4, 0.5) is 5.82 Å². The van der Waals surface area contributed by atoms with Crippen LogP contribution in [0.2, 0.25) is 0 Å². The Balaban J connectivity index is 1.49. The molecular formula is C21H23N3O3S. The number of thiophene rings is 1. The van der Waals surface area contributed by atoms with Crippen LogP contribution in [-0.4, -0.2) is 28.3 Å². The van der Waals surface area contributed by atoms with Crippen molar-refractivity contribution in [2.45, 2.75) is 33.1 Å². The summed E-state index contributed by atoms with van der Waals surface area (Å²) in [7, 11) is 0. The molecule has 3 rings (SSSR count). The summed E-state index contributed by atoms with van der Waals surface area (Å²) >= 11 is 1.67. The van der Waals surface area contributed by atoms with Crippen molar-refractivity contribution in [1.29, 1.82) is 0 Å². The van der Waals surface area contributed by atoms with Crippen molar-refractivity contribution in [3.8, 4) is 5.69 Å². The van der Waals surface area contributed by atoms with Gasteiger partial charge in [0.05, 0.1) is 11.4 Å². The Morgan fingerprint density at radius 2 is 1.96 bits per heavy atom. The molecule has 0 radical (unpaired) electrons. The molecule has 1 N–H and O–H groups in total. The molecule has 28 heavy (non-hydrogen) atoms. The number of amides is 1. The maximum Gasteiger partial charge on any atom is 0.306 e. The van der Waals surface area contributed by atoms with E-state index in [4.69, 9.17) is 4.74 Å². The number of hydrogen-bond donors (Lipinski definition) is 1. The number of rotatable bonds is 8. The van der Waals surface area contributed by atoms with Crippen molar-refractivity contribution in [2.75, 3.05) is 11.9 Å². The van der Waals surface area contributed by atoms with Gasteiger partial charge in [-0.05, 0) is 50.3 Å². The van der Waals surface area contributed by atoms with Crippen LogP contribution < -0.4 is 5.32 Å². The summed E-state index contributed by atoms with van der Waals surface area (Å²) in [5.74, 6) is -0.213. The second kappa shape index (κ2) is 9.32. The Kier molecular flexibility index (Phi) is 6.60. The molecule has 1 amide bonds. The van der Waals surface area contributed by atoms with Gasteiger partial charge in [-0.2, -0.15) is 5.10 Å². The third kappa shape index (κ3) is 5.53. The predicted molar refractivity (Wildman–Crippen MR) is 110 cm³/mol. The van der Waals surface area contributed by atoms with Gasteiger partial charge in [-0.1, -0.05) is 23.8 Å². The number of carbonyl (C=O) groups excluding carboxylic acids is 2. The number of hydrogen-bond acceptors (Lipinski definition) is 5. The average Bonchev–Trinajstić information content (AvgIpc) is 3.30. The first-order valence-electron chi connectivity index (χ1n) is 9.13. The first-order valence-corrected chi connectivity index (χ1v) is 10.0. The number of ether oxygens (including phenoxy) is 1. The summed E-state index contributed by atoms with van der Waals surface area (Å²) < 4.78 is 6.75. The number of aryl methyl sites for hydroxylation is 3. The fourth-order valence-electron chi connectivity index (χ4n) is 2.73. The van der Waals surface area contributed by atoms with Crippen LogP contribution in [0.3, 0.4) is 0 Å². The molecule has 7 heteroatoms. The van der Waals surface area contributed by atoms with Crippen molar-refractivity contribution in [2.24, 2.45) is 0 Å². The van der Waals surface area contributed by atoms with Crippen LogP contribution in [0.15, 0.2) is 47.8 Å². The van der Waals surface area contributed by atoms with Crippen LogP contribution in [0.1, 0.15) is 29.0 Å². The Morgan fingerprint density at radius 1 is 1.18 bits per heavy atom. The molecule has 0 saturated heterocycles. The van der Waals surface area contributed by atoms with E-state index in [2.05, 4.69) is 10.4 Å². The minimum atomic E-state index is -0.389. The molecule has 0 spiro atoms. The Morgan fingerprint density at radius 3 is 2.68 bits per heavy atom. The Bertz CT molecular complexity index is 930. The van der Waals surface area contributed by atoms with E-state index in [1.165, 1.54) is 4.88 Å². The van der Waals surface area contributed by atoms with Gasteiger partial charge in [-0.3, -0.25) is 9.59 Å². The van der Waals surface area contributed by atoms with E-state index < -0.39 is 0 Å². The van der Waals surface area contributed by atoms with Crippen molar-refractivity contribution < 1.29 is 14.3 Å². The molecule has 0 saturated carbocycles. The quantitative estimate of drug-likeness (QED) is 0.582. The van der Waals surface area contributed by atoms with Crippen molar-refractivity contribution in [1.82, 2.24) is 9.78 Å². The lowest BCUT2D eigenvalue weighted by Crippen LogP contribution is -2.22. The summed E-state index contributed by atoms with van der Waals surface area (Å²) in [6, 6.07) is 13.6. The average molecular weight is 398 g/mol. The van der Waals surface area contributed by atoms with E-state index in [1.54, 1.807) is 22.1 Å². The third-order valence-corrected chi connectivity index (χ3v) is 5.06. The highest BCUT2D eigenvalue weighted by atomic mass is 32.1. The van der Waals surface area contributed by atoms with E-state index in [0.29, 0.717) is 18.7 Å². The molecule has 0 fully saturated rings. The molecule has 2 aromatic heterocycles. The van der Waals surface area contributed by atoms with Gasteiger partial charge < -0.3 is 10.1 Å². The minimum Gasteiger partial charge on any atom is -0.456 e. The second-order valence-corrected chi connectivity index (χ2v) is 7.59. The molecular weight excluding hydrogens is 374 g/mol. The van der Waals surface area contributed by atoms with Gasteiger partial charge in [0.1, 0.15) is 5.82 Å². The summed E-state index contributed by atoms with van der Waals surface area (Å²) in [6.45, 7) is 3.56. The predicted octanol–water partition coefficient (Wildman–Crippen LogP) is 4.06. The molecule has 0 bridgehead atoms. The zero-order valence-electron chi connectivity index (χ0n) is 16.0. The number of nitrogens with zero attached hydrogens (tertiary/aromatic N) is 2. The standard InChI is InChI=1S/C21H23N3O3S/c1-15-8-10-17(11-9-15)24-19(13-16(2)23-24)22-20(25)14-27-21(26)7-3-5-18-6-4-12-28-18/h4,6,8-13H,3,5,7,14H2,1-2H3,(H,22,25). The first kappa shape index (κ1) is 19.8. The van der Waals surface area contributed by atoms with Gasteiger partial charge in [-0.15, -0.1) is 11.3 Å². The van der Waals surface area contributed by atoms with E-state index in [1.807, 2.05) is 55.6 Å². The summed E-state index contributed by atoms with van der Waals surface area (Å²) in [4.78, 5) is 25.3. The highest BCUT2D eigenvalue weighted by Gasteiger charge is 2.13. The van der Waals surface area contributed by atoms with Crippen molar-refractivity contribution in [3.05, 3.63) is 64.0 Å². The monoisotopic (exact) mass is 397 g/mol. The maximum atomic E-state index is 12.2. The molecule has 1 aromatic carbocycles. The number of aromatic nitrogens is 2. The molecule has 0 aliphatic heterocycles. The highest BCUT2D eigenvalue weighted by molar-refractivity contribution is 7.09. The van der Waals surface area contributed by atoms with Gasteiger partial charge in [0.2, 0.25) is 0 Å². The van der Waals surface area contributed by atoms with Crippen LogP contribution in [-0.2, 0) is 20.7 Å². The number of carbonyl (C=O) groups is 2. The van der Waals surface area contributed by atoms with Crippen molar-refractivity contribution in [3.63, 3.8) is 0 Å². The summed E-state index contributed by atoms with van der Waals surface area (Å²) in [5.41, 5.74) is 2.77. The Hall–Kier alpha value is -2.93. The van der Waals surface area contributed by atoms with E-state index >= 15 is 0 Å². The van der Waals surface area contributed by atoms with E-state index in [-0.39, 0.29) is 18.5 Å². The van der Waals surface area contributed by atoms with Crippen LogP contribution >= 0.6 is 11.3 Å². The van der Waals surface area contributed by atoms with E-state index in [9.17, 15) is 9.59 Å². The number of benzene rings is 1. The van der Waals surface area contributed by atoms with Gasteiger partial charge >= 0.3 is 5.97 Å². The topological polar surface area (TPSA) is 73.2 Å². The number of anilines is 1. The fraction of sp³-hybridized carbons (Fsp3) is 0.286. The smallest absolute Gasteiger partial charge is 0.306 e. The molecule has 0 aliphatic carbocycles.